The summed E-state index contributed by atoms with van der Waals surface area (Å²) in [6.45, 7) is 0.468. The molecule has 1 aliphatic heterocycles. The van der Waals surface area contributed by atoms with Gasteiger partial charge in [-0.1, -0.05) is 12.8 Å². The van der Waals surface area contributed by atoms with E-state index in [2.05, 4.69) is 4.72 Å². The first kappa shape index (κ1) is 15.2. The summed E-state index contributed by atoms with van der Waals surface area (Å²) in [5, 5.41) is -0.794. The topological polar surface area (TPSA) is 106 Å². The maximum atomic E-state index is 12.2. The van der Waals surface area contributed by atoms with Gasteiger partial charge in [-0.2, -0.15) is 0 Å². The van der Waals surface area contributed by atoms with Crippen LogP contribution in [-0.2, 0) is 19.9 Å². The van der Waals surface area contributed by atoms with Crippen molar-refractivity contribution in [1.29, 1.82) is 0 Å². The minimum atomic E-state index is -3.56. The highest BCUT2D eigenvalue weighted by atomic mass is 32.2. The number of rotatable bonds is 4. The Morgan fingerprint density at radius 3 is 2.42 bits per heavy atom. The molecule has 0 aromatic rings. The van der Waals surface area contributed by atoms with E-state index in [0.29, 0.717) is 6.54 Å². The first-order valence-corrected chi connectivity index (χ1v) is 10.1. The second kappa shape index (κ2) is 5.67. The summed E-state index contributed by atoms with van der Waals surface area (Å²) in [4.78, 5) is 0. The van der Waals surface area contributed by atoms with E-state index in [1.165, 1.54) is 0 Å². The van der Waals surface area contributed by atoms with Gasteiger partial charge in [0.15, 0.2) is 9.84 Å². The third-order valence-electron chi connectivity index (χ3n) is 4.16. The summed E-state index contributed by atoms with van der Waals surface area (Å²) in [6, 6.07) is -0.132. The van der Waals surface area contributed by atoms with Crippen LogP contribution in [0.5, 0.6) is 0 Å². The molecule has 0 bridgehead atoms. The zero-order valence-electron chi connectivity index (χ0n) is 10.9. The van der Waals surface area contributed by atoms with Crippen molar-refractivity contribution in [1.82, 2.24) is 4.72 Å². The highest BCUT2D eigenvalue weighted by molar-refractivity contribution is 7.95. The predicted molar refractivity (Wildman–Crippen MR) is 73.9 cm³/mol. The highest BCUT2D eigenvalue weighted by Crippen LogP contribution is 2.26. The van der Waals surface area contributed by atoms with Gasteiger partial charge in [-0.3, -0.25) is 0 Å². The molecule has 2 rings (SSSR count). The van der Waals surface area contributed by atoms with E-state index in [9.17, 15) is 16.8 Å². The van der Waals surface area contributed by atoms with Gasteiger partial charge in [0.25, 0.3) is 0 Å². The molecule has 1 saturated heterocycles. The van der Waals surface area contributed by atoms with E-state index in [-0.39, 0.29) is 29.9 Å². The quantitative estimate of drug-likeness (QED) is 0.735. The molecule has 1 aliphatic carbocycles. The number of nitrogens with two attached hydrogens (primary N) is 1. The van der Waals surface area contributed by atoms with Crippen LogP contribution in [0.25, 0.3) is 0 Å². The van der Waals surface area contributed by atoms with Crippen molar-refractivity contribution in [2.24, 2.45) is 11.7 Å². The van der Waals surface area contributed by atoms with E-state index in [1.54, 1.807) is 0 Å². The molecule has 3 atom stereocenters. The third-order valence-corrected chi connectivity index (χ3v) is 8.05. The van der Waals surface area contributed by atoms with Gasteiger partial charge in [0.05, 0.1) is 16.8 Å². The monoisotopic (exact) mass is 310 g/mol. The molecule has 3 unspecified atom stereocenters. The number of sulfonamides is 1. The van der Waals surface area contributed by atoms with Crippen LogP contribution in [0, 0.1) is 5.92 Å². The molecule has 112 valence electrons. The molecule has 0 spiro atoms. The summed E-state index contributed by atoms with van der Waals surface area (Å²) in [5.41, 5.74) is 5.68. The fraction of sp³-hybridized carbons (Fsp3) is 1.00. The van der Waals surface area contributed by atoms with Gasteiger partial charge in [0.2, 0.25) is 10.0 Å². The standard InChI is InChI=1S/C11H22N2O4S2/c12-7-9-3-1-2-4-11(9)13-19(16,17)10-5-6-18(14,15)8-10/h9-11,13H,1-8,12H2. The van der Waals surface area contributed by atoms with Crippen LogP contribution < -0.4 is 10.5 Å². The summed E-state index contributed by atoms with van der Waals surface area (Å²) in [7, 11) is -6.74. The lowest BCUT2D eigenvalue weighted by Gasteiger charge is -2.31. The maximum Gasteiger partial charge on any atom is 0.215 e. The van der Waals surface area contributed by atoms with Gasteiger partial charge in [0, 0.05) is 6.04 Å². The molecule has 0 radical (unpaired) electrons. The molecular weight excluding hydrogens is 288 g/mol. The minimum Gasteiger partial charge on any atom is -0.330 e. The van der Waals surface area contributed by atoms with Crippen LogP contribution in [0.2, 0.25) is 0 Å². The molecule has 0 aromatic carbocycles. The molecule has 3 N–H and O–H groups in total. The van der Waals surface area contributed by atoms with E-state index in [4.69, 9.17) is 5.73 Å². The van der Waals surface area contributed by atoms with Gasteiger partial charge in [-0.15, -0.1) is 0 Å². The van der Waals surface area contributed by atoms with Crippen molar-refractivity contribution in [3.05, 3.63) is 0 Å². The van der Waals surface area contributed by atoms with Crippen LogP contribution in [0.15, 0.2) is 0 Å². The molecule has 6 nitrogen and oxygen atoms in total. The lowest BCUT2D eigenvalue weighted by molar-refractivity contribution is 0.295. The second-order valence-electron chi connectivity index (χ2n) is 5.57. The van der Waals surface area contributed by atoms with Gasteiger partial charge in [0.1, 0.15) is 0 Å². The Balaban J connectivity index is 2.04. The number of hydrogen-bond acceptors (Lipinski definition) is 5. The third kappa shape index (κ3) is 3.68. The highest BCUT2D eigenvalue weighted by Gasteiger charge is 2.39. The Morgan fingerprint density at radius 1 is 1.16 bits per heavy atom. The Kier molecular flexibility index (Phi) is 4.54. The molecule has 0 amide bonds. The van der Waals surface area contributed by atoms with E-state index in [1.807, 2.05) is 0 Å². The average Bonchev–Trinajstić information content (AvgIpc) is 2.71. The lowest BCUT2D eigenvalue weighted by atomic mass is 9.85. The molecule has 2 aliphatic rings. The van der Waals surface area contributed by atoms with Crippen LogP contribution in [0.3, 0.4) is 0 Å². The SMILES string of the molecule is NCC1CCCCC1NS(=O)(=O)C1CCS(=O)(=O)C1. The van der Waals surface area contributed by atoms with Crippen LogP contribution >= 0.6 is 0 Å². The van der Waals surface area contributed by atoms with E-state index in [0.717, 1.165) is 25.7 Å². The fourth-order valence-electron chi connectivity index (χ4n) is 2.96. The number of nitrogens with one attached hydrogen (secondary N) is 1. The van der Waals surface area contributed by atoms with Crippen molar-refractivity contribution in [3.8, 4) is 0 Å². The van der Waals surface area contributed by atoms with Crippen LogP contribution in [0.1, 0.15) is 32.1 Å². The van der Waals surface area contributed by atoms with Crippen molar-refractivity contribution < 1.29 is 16.8 Å². The largest absolute Gasteiger partial charge is 0.330 e. The molecular formula is C11H22N2O4S2. The van der Waals surface area contributed by atoms with Crippen molar-refractivity contribution in [2.45, 2.75) is 43.4 Å². The lowest BCUT2D eigenvalue weighted by Crippen LogP contribution is -2.48. The molecule has 1 saturated carbocycles. The maximum absolute atomic E-state index is 12.2. The molecule has 1 heterocycles. The first-order valence-electron chi connectivity index (χ1n) is 6.76. The average molecular weight is 310 g/mol. The number of hydrogen-bond donors (Lipinski definition) is 2. The van der Waals surface area contributed by atoms with Gasteiger partial charge in [-0.05, 0) is 31.7 Å². The Hall–Kier alpha value is -0.180. The molecule has 8 heteroatoms. The molecule has 19 heavy (non-hydrogen) atoms. The summed E-state index contributed by atoms with van der Waals surface area (Å²) < 4.78 is 49.9. The van der Waals surface area contributed by atoms with E-state index < -0.39 is 25.1 Å². The van der Waals surface area contributed by atoms with E-state index >= 15 is 0 Å². The first-order chi connectivity index (χ1) is 8.84. The summed E-state index contributed by atoms with van der Waals surface area (Å²) in [5.74, 6) is -0.104. The van der Waals surface area contributed by atoms with Gasteiger partial charge >= 0.3 is 0 Å². The number of sulfone groups is 1. The second-order valence-corrected chi connectivity index (χ2v) is 9.80. The van der Waals surface area contributed by atoms with Crippen molar-refractivity contribution in [2.75, 3.05) is 18.1 Å². The van der Waals surface area contributed by atoms with Gasteiger partial charge in [-0.25, -0.2) is 21.6 Å². The summed E-state index contributed by atoms with van der Waals surface area (Å²) >= 11 is 0. The predicted octanol–water partition coefficient (Wildman–Crippen LogP) is -0.390. The fourth-order valence-corrected chi connectivity index (χ4v) is 7.34. The minimum absolute atomic E-state index is 0.0242. The Labute approximate surface area is 115 Å². The smallest absolute Gasteiger partial charge is 0.215 e. The van der Waals surface area contributed by atoms with Crippen molar-refractivity contribution in [3.63, 3.8) is 0 Å². The van der Waals surface area contributed by atoms with Crippen LogP contribution in [0.4, 0.5) is 0 Å². The summed E-state index contributed by atoms with van der Waals surface area (Å²) in [6.07, 6.45) is 4.01. The Morgan fingerprint density at radius 2 is 1.84 bits per heavy atom. The normalized spacial score (nSPS) is 35.3. The molecule has 0 aromatic heterocycles. The zero-order chi connectivity index (χ0) is 14.1. The van der Waals surface area contributed by atoms with Crippen LogP contribution in [-0.4, -0.2) is 46.2 Å². The Bertz CT molecular complexity index is 515. The molecule has 2 fully saturated rings. The zero-order valence-corrected chi connectivity index (χ0v) is 12.5. The van der Waals surface area contributed by atoms with Gasteiger partial charge < -0.3 is 5.73 Å². The van der Waals surface area contributed by atoms with Crippen molar-refractivity contribution >= 4 is 19.9 Å².